The van der Waals surface area contributed by atoms with Crippen molar-refractivity contribution in [2.45, 2.75) is 25.9 Å². The lowest BCUT2D eigenvalue weighted by molar-refractivity contribution is -0.148. The third kappa shape index (κ3) is 3.17. The van der Waals surface area contributed by atoms with Crippen LogP contribution in [0.15, 0.2) is 18.2 Å². The van der Waals surface area contributed by atoms with E-state index in [1.807, 2.05) is 0 Å². The summed E-state index contributed by atoms with van der Waals surface area (Å²) in [4.78, 5) is 12.6. The first kappa shape index (κ1) is 13.9. The highest BCUT2D eigenvalue weighted by Gasteiger charge is 2.32. The minimum Gasteiger partial charge on any atom is -0.480 e. The number of carbonyl (C=O) groups is 1. The summed E-state index contributed by atoms with van der Waals surface area (Å²) in [7, 11) is 1.63. The van der Waals surface area contributed by atoms with Crippen LogP contribution in [0, 0.1) is 5.82 Å². The van der Waals surface area contributed by atoms with E-state index >= 15 is 0 Å². The maximum atomic E-state index is 13.5. The van der Waals surface area contributed by atoms with Gasteiger partial charge in [0, 0.05) is 17.1 Å². The van der Waals surface area contributed by atoms with Crippen LogP contribution in [0.4, 0.5) is 4.39 Å². The Labute approximate surface area is 105 Å². The highest BCUT2D eigenvalue weighted by atomic mass is 35.5. The molecule has 1 aromatic carbocycles. The summed E-state index contributed by atoms with van der Waals surface area (Å²) in [5.74, 6) is -1.34. The molecule has 0 radical (unpaired) electrons. The molecule has 0 aliphatic rings. The van der Waals surface area contributed by atoms with E-state index in [1.54, 1.807) is 25.8 Å². The van der Waals surface area contributed by atoms with Gasteiger partial charge in [-0.15, -0.1) is 0 Å². The number of likely N-dealkylation sites (N-methyl/N-ethyl adjacent to an activating group) is 1. The average molecular weight is 260 g/mol. The van der Waals surface area contributed by atoms with Crippen LogP contribution >= 0.6 is 11.6 Å². The molecule has 0 aliphatic heterocycles. The Bertz CT molecular complexity index is 435. The molecule has 1 rings (SSSR count). The molecule has 0 saturated heterocycles. The molecule has 94 valence electrons. The Morgan fingerprint density at radius 1 is 1.53 bits per heavy atom. The van der Waals surface area contributed by atoms with Gasteiger partial charge in [-0.25, -0.2) is 4.39 Å². The third-order valence-corrected chi connectivity index (χ3v) is 3.13. The quantitative estimate of drug-likeness (QED) is 0.904. The SMILES string of the molecule is CN(Cc1cc(Cl)ccc1F)C(C)(C)C(=O)O. The fourth-order valence-corrected chi connectivity index (χ4v) is 1.48. The van der Waals surface area contributed by atoms with Crippen LogP contribution in [-0.2, 0) is 11.3 Å². The van der Waals surface area contributed by atoms with Crippen LogP contribution in [-0.4, -0.2) is 28.6 Å². The Morgan fingerprint density at radius 3 is 2.65 bits per heavy atom. The van der Waals surface area contributed by atoms with Gasteiger partial charge in [-0.1, -0.05) is 11.6 Å². The number of carboxylic acid groups (broad SMARTS) is 1. The van der Waals surface area contributed by atoms with Crippen LogP contribution in [0.5, 0.6) is 0 Å². The summed E-state index contributed by atoms with van der Waals surface area (Å²) in [6.07, 6.45) is 0. The average Bonchev–Trinajstić information content (AvgIpc) is 2.23. The van der Waals surface area contributed by atoms with Crippen molar-refractivity contribution < 1.29 is 14.3 Å². The fourth-order valence-electron chi connectivity index (χ4n) is 1.28. The zero-order valence-corrected chi connectivity index (χ0v) is 10.8. The summed E-state index contributed by atoms with van der Waals surface area (Å²) in [6, 6.07) is 4.24. The molecule has 0 aliphatic carbocycles. The number of halogens is 2. The topological polar surface area (TPSA) is 40.5 Å². The van der Waals surface area contributed by atoms with E-state index in [-0.39, 0.29) is 12.4 Å². The predicted octanol–water partition coefficient (Wildman–Crippen LogP) is 2.77. The molecule has 1 N–H and O–H groups in total. The Morgan fingerprint density at radius 2 is 2.12 bits per heavy atom. The van der Waals surface area contributed by atoms with Crippen LogP contribution in [0.3, 0.4) is 0 Å². The van der Waals surface area contributed by atoms with Gasteiger partial charge in [0.1, 0.15) is 11.4 Å². The van der Waals surface area contributed by atoms with E-state index in [9.17, 15) is 9.18 Å². The van der Waals surface area contributed by atoms with Crippen LogP contribution in [0.25, 0.3) is 0 Å². The van der Waals surface area contributed by atoms with E-state index in [0.717, 1.165) is 0 Å². The molecule has 0 fully saturated rings. The van der Waals surface area contributed by atoms with Crippen molar-refractivity contribution in [2.75, 3.05) is 7.05 Å². The summed E-state index contributed by atoms with van der Waals surface area (Å²) >= 11 is 5.78. The molecule has 3 nitrogen and oxygen atoms in total. The molecule has 1 aromatic rings. The lowest BCUT2D eigenvalue weighted by Crippen LogP contribution is -2.47. The first-order valence-corrected chi connectivity index (χ1v) is 5.51. The standard InChI is InChI=1S/C12H15ClFNO2/c1-12(2,11(16)17)15(3)7-8-6-9(13)4-5-10(8)14/h4-6H,7H2,1-3H3,(H,16,17). The van der Waals surface area contributed by atoms with E-state index in [4.69, 9.17) is 16.7 Å². The maximum Gasteiger partial charge on any atom is 0.323 e. The molecule has 5 heteroatoms. The molecule has 17 heavy (non-hydrogen) atoms. The van der Waals surface area contributed by atoms with Gasteiger partial charge in [-0.2, -0.15) is 0 Å². The molecule has 0 atom stereocenters. The van der Waals surface area contributed by atoms with Gasteiger partial charge in [0.2, 0.25) is 0 Å². The van der Waals surface area contributed by atoms with E-state index in [2.05, 4.69) is 0 Å². The monoisotopic (exact) mass is 259 g/mol. The van der Waals surface area contributed by atoms with Gasteiger partial charge in [-0.3, -0.25) is 9.69 Å². The second-order valence-corrected chi connectivity index (χ2v) is 4.89. The molecule has 0 spiro atoms. The summed E-state index contributed by atoms with van der Waals surface area (Å²) < 4.78 is 13.5. The van der Waals surface area contributed by atoms with E-state index in [1.165, 1.54) is 18.2 Å². The number of rotatable bonds is 4. The van der Waals surface area contributed by atoms with Crippen molar-refractivity contribution in [3.8, 4) is 0 Å². The highest BCUT2D eigenvalue weighted by molar-refractivity contribution is 6.30. The van der Waals surface area contributed by atoms with E-state index in [0.29, 0.717) is 10.6 Å². The van der Waals surface area contributed by atoms with Crippen molar-refractivity contribution >= 4 is 17.6 Å². The third-order valence-electron chi connectivity index (χ3n) is 2.89. The van der Waals surface area contributed by atoms with Gasteiger partial charge in [0.25, 0.3) is 0 Å². The zero-order valence-electron chi connectivity index (χ0n) is 10.00. The largest absolute Gasteiger partial charge is 0.480 e. The first-order chi connectivity index (χ1) is 7.75. The van der Waals surface area contributed by atoms with Crippen LogP contribution < -0.4 is 0 Å². The molecule has 0 heterocycles. The van der Waals surface area contributed by atoms with Crippen molar-refractivity contribution in [1.29, 1.82) is 0 Å². The Kier molecular flexibility index (Phi) is 4.11. The molecule has 0 unspecified atom stereocenters. The Hall–Kier alpha value is -1.13. The highest BCUT2D eigenvalue weighted by Crippen LogP contribution is 2.20. The molecule has 0 bridgehead atoms. The number of nitrogens with zero attached hydrogens (tertiary/aromatic N) is 1. The number of benzene rings is 1. The van der Waals surface area contributed by atoms with Gasteiger partial charge in [0.05, 0.1) is 0 Å². The number of aliphatic carboxylic acids is 1. The predicted molar refractivity (Wildman–Crippen MR) is 64.6 cm³/mol. The summed E-state index contributed by atoms with van der Waals surface area (Å²) in [5.41, 5.74) is -0.677. The van der Waals surface area contributed by atoms with Crippen LogP contribution in [0.1, 0.15) is 19.4 Å². The molecular weight excluding hydrogens is 245 g/mol. The number of carboxylic acids is 1. The van der Waals surface area contributed by atoms with Gasteiger partial charge < -0.3 is 5.11 Å². The number of hydrogen-bond acceptors (Lipinski definition) is 2. The second-order valence-electron chi connectivity index (χ2n) is 4.46. The number of hydrogen-bond donors (Lipinski definition) is 1. The van der Waals surface area contributed by atoms with Crippen molar-refractivity contribution in [3.63, 3.8) is 0 Å². The van der Waals surface area contributed by atoms with Gasteiger partial charge in [0.15, 0.2) is 0 Å². The molecule has 0 aromatic heterocycles. The summed E-state index contributed by atoms with van der Waals surface area (Å²) in [6.45, 7) is 3.32. The fraction of sp³-hybridized carbons (Fsp3) is 0.417. The van der Waals surface area contributed by atoms with Crippen molar-refractivity contribution in [1.82, 2.24) is 4.90 Å². The minimum absolute atomic E-state index is 0.186. The van der Waals surface area contributed by atoms with Gasteiger partial charge >= 0.3 is 5.97 Å². The van der Waals surface area contributed by atoms with E-state index < -0.39 is 11.5 Å². The normalized spacial score (nSPS) is 11.9. The second kappa shape index (κ2) is 5.02. The molecule has 0 amide bonds. The zero-order chi connectivity index (χ0) is 13.2. The van der Waals surface area contributed by atoms with Gasteiger partial charge in [-0.05, 0) is 39.1 Å². The maximum absolute atomic E-state index is 13.5. The van der Waals surface area contributed by atoms with Crippen molar-refractivity contribution in [2.24, 2.45) is 0 Å². The molecule has 0 saturated carbocycles. The minimum atomic E-state index is -1.06. The molecular formula is C12H15ClFNO2. The summed E-state index contributed by atoms with van der Waals surface area (Å²) in [5, 5.41) is 9.49. The lowest BCUT2D eigenvalue weighted by atomic mass is 10.0. The van der Waals surface area contributed by atoms with Crippen LogP contribution in [0.2, 0.25) is 5.02 Å². The smallest absolute Gasteiger partial charge is 0.323 e. The lowest BCUT2D eigenvalue weighted by Gasteiger charge is -2.31. The Balaban J connectivity index is 2.91. The first-order valence-electron chi connectivity index (χ1n) is 5.13. The van der Waals surface area contributed by atoms with Crippen molar-refractivity contribution in [3.05, 3.63) is 34.6 Å².